The zero-order valence-electron chi connectivity index (χ0n) is 9.73. The maximum Gasteiger partial charge on any atom is 0.409 e. The van der Waals surface area contributed by atoms with Crippen molar-refractivity contribution in [3.8, 4) is 11.8 Å². The molecule has 1 heterocycles. The highest BCUT2D eigenvalue weighted by atomic mass is 16.6. The van der Waals surface area contributed by atoms with Gasteiger partial charge in [0.25, 0.3) is 0 Å². The molecule has 2 atom stereocenters. The molecule has 1 rings (SSSR count). The van der Waals surface area contributed by atoms with Gasteiger partial charge in [-0.3, -0.25) is 4.90 Å². The monoisotopic (exact) mass is 227 g/mol. The number of rotatable bonds is 2. The molecule has 0 radical (unpaired) electrons. The Morgan fingerprint density at radius 2 is 2.19 bits per heavy atom. The maximum atomic E-state index is 11.2. The van der Waals surface area contributed by atoms with Gasteiger partial charge in [0.15, 0.2) is 0 Å². The van der Waals surface area contributed by atoms with E-state index >= 15 is 0 Å². The van der Waals surface area contributed by atoms with Crippen LogP contribution < -0.4 is 0 Å². The van der Waals surface area contributed by atoms with Crippen molar-refractivity contribution in [1.29, 1.82) is 0 Å². The fourth-order valence-corrected chi connectivity index (χ4v) is 2.03. The van der Waals surface area contributed by atoms with Crippen molar-refractivity contribution in [1.82, 2.24) is 4.90 Å². The number of hydrogen-bond donors (Lipinski definition) is 2. The number of amides is 1. The van der Waals surface area contributed by atoms with Crippen LogP contribution in [0.4, 0.5) is 4.79 Å². The second kappa shape index (κ2) is 4.73. The Labute approximate surface area is 95.0 Å². The van der Waals surface area contributed by atoms with Crippen molar-refractivity contribution >= 4 is 6.09 Å². The highest BCUT2D eigenvalue weighted by Crippen LogP contribution is 2.33. The van der Waals surface area contributed by atoms with Gasteiger partial charge in [0, 0.05) is 6.42 Å². The maximum absolute atomic E-state index is 11.2. The van der Waals surface area contributed by atoms with E-state index in [1.165, 1.54) is 4.90 Å². The molecule has 0 aliphatic carbocycles. The van der Waals surface area contributed by atoms with E-state index in [1.807, 2.05) is 0 Å². The molecule has 1 fully saturated rings. The molecule has 1 amide bonds. The SMILES string of the molecule is CC#CCC1C(CO)OC(C)(C)N1C(=O)O. The van der Waals surface area contributed by atoms with Crippen LogP contribution >= 0.6 is 0 Å². The first-order valence-electron chi connectivity index (χ1n) is 5.14. The number of hydrogen-bond acceptors (Lipinski definition) is 3. The highest BCUT2D eigenvalue weighted by molar-refractivity contribution is 5.67. The predicted octanol–water partition coefficient (Wildman–Crippen LogP) is 0.876. The summed E-state index contributed by atoms with van der Waals surface area (Å²) in [5, 5.41) is 18.3. The van der Waals surface area contributed by atoms with E-state index in [-0.39, 0.29) is 6.61 Å². The number of nitrogens with zero attached hydrogens (tertiary/aromatic N) is 1. The molecule has 5 nitrogen and oxygen atoms in total. The summed E-state index contributed by atoms with van der Waals surface area (Å²) in [6, 6.07) is -0.412. The van der Waals surface area contributed by atoms with Crippen molar-refractivity contribution in [3.05, 3.63) is 0 Å². The molecule has 1 aliphatic rings. The summed E-state index contributed by atoms with van der Waals surface area (Å²) in [6.45, 7) is 4.83. The molecule has 2 unspecified atom stereocenters. The first-order valence-corrected chi connectivity index (χ1v) is 5.14. The van der Waals surface area contributed by atoms with Gasteiger partial charge >= 0.3 is 6.09 Å². The minimum Gasteiger partial charge on any atom is -0.465 e. The topological polar surface area (TPSA) is 70.0 Å². The molecule has 0 aromatic heterocycles. The lowest BCUT2D eigenvalue weighted by molar-refractivity contribution is -0.0770. The largest absolute Gasteiger partial charge is 0.465 e. The smallest absolute Gasteiger partial charge is 0.409 e. The number of aliphatic hydroxyl groups excluding tert-OH is 1. The molecule has 0 aromatic carbocycles. The molecule has 5 heteroatoms. The Morgan fingerprint density at radius 3 is 2.62 bits per heavy atom. The van der Waals surface area contributed by atoms with Crippen LogP contribution in [0.2, 0.25) is 0 Å². The zero-order valence-corrected chi connectivity index (χ0v) is 9.73. The van der Waals surface area contributed by atoms with Gasteiger partial charge < -0.3 is 14.9 Å². The summed E-state index contributed by atoms with van der Waals surface area (Å²) in [4.78, 5) is 12.4. The lowest BCUT2D eigenvalue weighted by atomic mass is 10.1. The normalized spacial score (nSPS) is 27.4. The van der Waals surface area contributed by atoms with Crippen molar-refractivity contribution in [2.75, 3.05) is 6.61 Å². The van der Waals surface area contributed by atoms with Gasteiger partial charge in [0.05, 0.1) is 12.6 Å². The Hall–Kier alpha value is -1.25. The Kier molecular flexibility index (Phi) is 3.79. The molecule has 16 heavy (non-hydrogen) atoms. The molecule has 1 saturated heterocycles. The molecule has 0 saturated carbocycles. The third-order valence-electron chi connectivity index (χ3n) is 2.65. The molecule has 0 aromatic rings. The van der Waals surface area contributed by atoms with Crippen LogP contribution in [-0.2, 0) is 4.74 Å². The van der Waals surface area contributed by atoms with Crippen LogP contribution in [0.25, 0.3) is 0 Å². The van der Waals surface area contributed by atoms with Gasteiger partial charge in [0.1, 0.15) is 11.8 Å². The Bertz CT molecular complexity index is 329. The van der Waals surface area contributed by atoms with Gasteiger partial charge in [-0.1, -0.05) is 0 Å². The van der Waals surface area contributed by atoms with E-state index in [0.717, 1.165) is 0 Å². The van der Waals surface area contributed by atoms with Crippen LogP contribution in [-0.4, -0.2) is 45.7 Å². The van der Waals surface area contributed by atoms with Gasteiger partial charge in [-0.2, -0.15) is 0 Å². The van der Waals surface area contributed by atoms with Gasteiger partial charge in [0.2, 0.25) is 0 Å². The first-order chi connectivity index (χ1) is 7.44. The number of aliphatic hydroxyl groups is 1. The lowest BCUT2D eigenvalue weighted by Gasteiger charge is -2.30. The van der Waals surface area contributed by atoms with Gasteiger partial charge in [-0.25, -0.2) is 4.79 Å². The lowest BCUT2D eigenvalue weighted by Crippen LogP contribution is -2.47. The third-order valence-corrected chi connectivity index (χ3v) is 2.65. The third kappa shape index (κ3) is 2.29. The predicted molar refractivity (Wildman–Crippen MR) is 57.8 cm³/mol. The summed E-state index contributed by atoms with van der Waals surface area (Å²) < 4.78 is 5.51. The van der Waals surface area contributed by atoms with Crippen molar-refractivity contribution in [2.24, 2.45) is 0 Å². The fraction of sp³-hybridized carbons (Fsp3) is 0.727. The summed E-state index contributed by atoms with van der Waals surface area (Å²) in [5.74, 6) is 5.55. The minimum atomic E-state index is -1.05. The molecule has 90 valence electrons. The summed E-state index contributed by atoms with van der Waals surface area (Å²) in [7, 11) is 0. The van der Waals surface area contributed by atoms with E-state index in [2.05, 4.69) is 11.8 Å². The number of carboxylic acid groups (broad SMARTS) is 1. The molecule has 0 bridgehead atoms. The molecule has 2 N–H and O–H groups in total. The number of carbonyl (C=O) groups is 1. The van der Waals surface area contributed by atoms with E-state index < -0.39 is 24.0 Å². The van der Waals surface area contributed by atoms with Gasteiger partial charge in [-0.15, -0.1) is 11.8 Å². The Balaban J connectivity index is 2.95. The second-order valence-corrected chi connectivity index (χ2v) is 4.14. The van der Waals surface area contributed by atoms with Crippen LogP contribution in [0.15, 0.2) is 0 Å². The fourth-order valence-electron chi connectivity index (χ4n) is 2.03. The average molecular weight is 227 g/mol. The van der Waals surface area contributed by atoms with Crippen molar-refractivity contribution < 1.29 is 19.7 Å². The van der Waals surface area contributed by atoms with E-state index in [1.54, 1.807) is 20.8 Å². The standard InChI is InChI=1S/C11H17NO4/c1-4-5-6-8-9(7-13)16-11(2,3)12(8)10(14)15/h8-9,13H,6-7H2,1-3H3,(H,14,15). The summed E-state index contributed by atoms with van der Waals surface area (Å²) >= 11 is 0. The first kappa shape index (κ1) is 12.8. The van der Waals surface area contributed by atoms with Crippen LogP contribution in [0.5, 0.6) is 0 Å². The molecule has 1 aliphatic heterocycles. The van der Waals surface area contributed by atoms with Crippen molar-refractivity contribution in [2.45, 2.75) is 45.1 Å². The molecular weight excluding hydrogens is 210 g/mol. The average Bonchev–Trinajstić information content (AvgIpc) is 2.45. The molecule has 0 spiro atoms. The highest BCUT2D eigenvalue weighted by Gasteiger charge is 2.49. The van der Waals surface area contributed by atoms with E-state index in [4.69, 9.17) is 9.84 Å². The van der Waals surface area contributed by atoms with Gasteiger partial charge in [-0.05, 0) is 20.8 Å². The van der Waals surface area contributed by atoms with Crippen molar-refractivity contribution in [3.63, 3.8) is 0 Å². The number of ether oxygens (including phenoxy) is 1. The quantitative estimate of drug-likeness (QED) is 0.687. The van der Waals surface area contributed by atoms with Crippen LogP contribution in [0.3, 0.4) is 0 Å². The van der Waals surface area contributed by atoms with Crippen LogP contribution in [0.1, 0.15) is 27.2 Å². The van der Waals surface area contributed by atoms with Crippen LogP contribution in [0, 0.1) is 11.8 Å². The minimum absolute atomic E-state index is 0.205. The van der Waals surface area contributed by atoms with E-state index in [9.17, 15) is 9.90 Å². The second-order valence-electron chi connectivity index (χ2n) is 4.14. The zero-order chi connectivity index (χ0) is 12.3. The summed E-state index contributed by atoms with van der Waals surface area (Å²) in [5.41, 5.74) is -0.917. The van der Waals surface area contributed by atoms with E-state index in [0.29, 0.717) is 6.42 Å². The summed E-state index contributed by atoms with van der Waals surface area (Å²) in [6.07, 6.45) is -1.19. The molecular formula is C11H17NO4. The Morgan fingerprint density at radius 1 is 1.56 bits per heavy atom.